The molecule has 0 saturated carbocycles. The third-order valence-electron chi connectivity index (χ3n) is 5.66. The van der Waals surface area contributed by atoms with Gasteiger partial charge in [0.15, 0.2) is 4.80 Å². The quantitative estimate of drug-likeness (QED) is 0.353. The van der Waals surface area contributed by atoms with Crippen molar-refractivity contribution in [1.82, 2.24) is 4.57 Å². The van der Waals surface area contributed by atoms with Crippen LogP contribution in [-0.2, 0) is 9.53 Å². The van der Waals surface area contributed by atoms with Gasteiger partial charge in [-0.25, -0.2) is 9.79 Å². The van der Waals surface area contributed by atoms with Gasteiger partial charge in [-0.2, -0.15) is 0 Å². The third kappa shape index (κ3) is 4.16. The van der Waals surface area contributed by atoms with Crippen LogP contribution in [0, 0.1) is 0 Å². The summed E-state index contributed by atoms with van der Waals surface area (Å²) in [6, 6.07) is 17.5. The first kappa shape index (κ1) is 23.4. The molecule has 4 aromatic rings. The summed E-state index contributed by atoms with van der Waals surface area (Å²) in [4.78, 5) is 31.3. The fourth-order valence-corrected chi connectivity index (χ4v) is 5.46. The lowest BCUT2D eigenvalue weighted by Gasteiger charge is -2.24. The van der Waals surface area contributed by atoms with Crippen LogP contribution < -0.4 is 14.9 Å². The highest BCUT2D eigenvalue weighted by Gasteiger charge is 2.32. The van der Waals surface area contributed by atoms with Gasteiger partial charge in [0.25, 0.3) is 5.56 Å². The number of nitrogens with zero attached hydrogens (tertiary/aromatic N) is 2. The van der Waals surface area contributed by atoms with Crippen molar-refractivity contribution >= 4 is 46.6 Å². The van der Waals surface area contributed by atoms with Gasteiger partial charge >= 0.3 is 5.97 Å². The van der Waals surface area contributed by atoms with Crippen molar-refractivity contribution in [3.05, 3.63) is 113 Å². The summed E-state index contributed by atoms with van der Waals surface area (Å²) < 4.78 is 12.9. The molecule has 9 heteroatoms. The van der Waals surface area contributed by atoms with E-state index in [0.717, 1.165) is 5.56 Å². The molecule has 1 aliphatic heterocycles. The highest BCUT2D eigenvalue weighted by Crippen LogP contribution is 2.34. The van der Waals surface area contributed by atoms with E-state index in [0.29, 0.717) is 47.7 Å². The second kappa shape index (κ2) is 9.34. The van der Waals surface area contributed by atoms with Crippen molar-refractivity contribution in [1.29, 1.82) is 0 Å². The number of carbonyl (C=O) groups excluding carboxylic acids is 1. The molecule has 0 saturated heterocycles. The van der Waals surface area contributed by atoms with Crippen LogP contribution in [0.4, 0.5) is 0 Å². The standard InChI is InChI=1S/C26H18Cl2N2O4S/c1-14-21(25(32)33-2)23(15-7-4-3-5-8-15)30-24(31)20(35-26(30)29-14)13-16-11-12-19(34-16)17-9-6-10-18(27)22(17)28/h3-13,23H,1-2H3. The van der Waals surface area contributed by atoms with Gasteiger partial charge in [0.1, 0.15) is 11.5 Å². The number of allylic oxidation sites excluding steroid dienone is 1. The molecule has 1 aliphatic rings. The molecule has 2 aromatic carbocycles. The van der Waals surface area contributed by atoms with Crippen LogP contribution in [0.5, 0.6) is 0 Å². The molecular weight excluding hydrogens is 507 g/mol. The zero-order chi connectivity index (χ0) is 24.7. The molecule has 0 aliphatic carbocycles. The van der Waals surface area contributed by atoms with Crippen molar-refractivity contribution in [2.24, 2.45) is 4.99 Å². The van der Waals surface area contributed by atoms with Crippen molar-refractivity contribution in [3.63, 3.8) is 0 Å². The maximum Gasteiger partial charge on any atom is 0.338 e. The summed E-state index contributed by atoms with van der Waals surface area (Å²) in [5.41, 5.74) is 1.99. The highest BCUT2D eigenvalue weighted by molar-refractivity contribution is 7.07. The Morgan fingerprint density at radius 2 is 1.89 bits per heavy atom. The first-order chi connectivity index (χ1) is 16.9. The number of rotatable bonds is 4. The molecule has 1 unspecified atom stereocenters. The van der Waals surface area contributed by atoms with E-state index in [2.05, 4.69) is 4.99 Å². The summed E-state index contributed by atoms with van der Waals surface area (Å²) in [7, 11) is 1.32. The van der Waals surface area contributed by atoms with Crippen molar-refractivity contribution < 1.29 is 13.9 Å². The normalized spacial score (nSPS) is 15.7. The number of thiazole rings is 1. The Morgan fingerprint density at radius 1 is 1.11 bits per heavy atom. The Morgan fingerprint density at radius 3 is 2.63 bits per heavy atom. The van der Waals surface area contributed by atoms with Crippen LogP contribution in [0.2, 0.25) is 10.0 Å². The van der Waals surface area contributed by atoms with Crippen LogP contribution in [-0.4, -0.2) is 17.6 Å². The second-order valence-electron chi connectivity index (χ2n) is 7.79. The number of methoxy groups -OCH3 is 1. The van der Waals surface area contributed by atoms with Gasteiger partial charge in [-0.15, -0.1) is 0 Å². The zero-order valence-electron chi connectivity index (χ0n) is 18.6. The number of carbonyl (C=O) groups is 1. The molecule has 0 fully saturated rings. The van der Waals surface area contributed by atoms with Crippen LogP contribution >= 0.6 is 34.5 Å². The van der Waals surface area contributed by atoms with Gasteiger partial charge in [0, 0.05) is 11.6 Å². The molecule has 0 N–H and O–H groups in total. The van der Waals surface area contributed by atoms with E-state index in [1.165, 1.54) is 23.0 Å². The topological polar surface area (TPSA) is 73.8 Å². The fourth-order valence-electron chi connectivity index (χ4n) is 4.04. The summed E-state index contributed by atoms with van der Waals surface area (Å²) >= 11 is 13.7. The van der Waals surface area contributed by atoms with Crippen molar-refractivity contribution in [2.75, 3.05) is 7.11 Å². The van der Waals surface area contributed by atoms with Crippen LogP contribution in [0.25, 0.3) is 17.4 Å². The smallest absolute Gasteiger partial charge is 0.338 e. The molecule has 176 valence electrons. The van der Waals surface area contributed by atoms with Gasteiger partial charge in [-0.05, 0) is 36.8 Å². The second-order valence-corrected chi connectivity index (χ2v) is 9.58. The van der Waals surface area contributed by atoms with E-state index >= 15 is 0 Å². The molecule has 1 atom stereocenters. The fraction of sp³-hybridized carbons (Fsp3) is 0.115. The van der Waals surface area contributed by atoms with E-state index in [1.54, 1.807) is 37.3 Å². The minimum atomic E-state index is -0.653. The average molecular weight is 525 g/mol. The number of furan rings is 1. The number of fused-ring (bicyclic) bond motifs is 1. The third-order valence-corrected chi connectivity index (χ3v) is 7.46. The summed E-state index contributed by atoms with van der Waals surface area (Å²) in [5.74, 6) is 0.479. The average Bonchev–Trinajstić information content (AvgIpc) is 3.44. The largest absolute Gasteiger partial charge is 0.466 e. The number of hydrogen-bond acceptors (Lipinski definition) is 6. The summed E-state index contributed by atoms with van der Waals surface area (Å²) in [5, 5.41) is 0.816. The molecule has 0 spiro atoms. The molecule has 3 heterocycles. The Hall–Kier alpha value is -3.39. The lowest BCUT2D eigenvalue weighted by atomic mass is 9.96. The van der Waals surface area contributed by atoms with Crippen LogP contribution in [0.1, 0.15) is 24.3 Å². The van der Waals surface area contributed by atoms with Crippen molar-refractivity contribution in [2.45, 2.75) is 13.0 Å². The van der Waals surface area contributed by atoms with Gasteiger partial charge in [0.2, 0.25) is 0 Å². The zero-order valence-corrected chi connectivity index (χ0v) is 20.9. The maximum atomic E-state index is 13.6. The summed E-state index contributed by atoms with van der Waals surface area (Å²) in [6.45, 7) is 1.74. The lowest BCUT2D eigenvalue weighted by molar-refractivity contribution is -0.136. The molecule has 0 radical (unpaired) electrons. The number of halogens is 2. The van der Waals surface area contributed by atoms with Gasteiger partial charge < -0.3 is 9.15 Å². The minimum Gasteiger partial charge on any atom is -0.466 e. The number of esters is 1. The Balaban J connectivity index is 1.65. The maximum absolute atomic E-state index is 13.6. The van der Waals surface area contributed by atoms with E-state index in [9.17, 15) is 9.59 Å². The molecular formula is C26H18Cl2N2O4S. The van der Waals surface area contributed by atoms with Gasteiger partial charge in [-0.3, -0.25) is 9.36 Å². The molecule has 35 heavy (non-hydrogen) atoms. The Labute approximate surface area is 214 Å². The monoisotopic (exact) mass is 524 g/mol. The highest BCUT2D eigenvalue weighted by atomic mass is 35.5. The van der Waals surface area contributed by atoms with Gasteiger partial charge in [-0.1, -0.05) is 70.9 Å². The lowest BCUT2D eigenvalue weighted by Crippen LogP contribution is -2.39. The molecule has 2 aromatic heterocycles. The summed E-state index contributed by atoms with van der Waals surface area (Å²) in [6.07, 6.45) is 1.66. The number of hydrogen-bond donors (Lipinski definition) is 0. The SMILES string of the molecule is COC(=O)C1=C(C)N=c2sc(=Cc3ccc(-c4cccc(Cl)c4Cl)o3)c(=O)n2C1c1ccccc1. The van der Waals surface area contributed by atoms with E-state index in [-0.39, 0.29) is 5.56 Å². The number of benzene rings is 2. The molecule has 5 rings (SSSR count). The van der Waals surface area contributed by atoms with Crippen LogP contribution in [0.15, 0.2) is 86.1 Å². The number of ether oxygens (including phenoxy) is 1. The Kier molecular flexibility index (Phi) is 6.23. The predicted molar refractivity (Wildman–Crippen MR) is 136 cm³/mol. The Bertz CT molecular complexity index is 1670. The first-order valence-electron chi connectivity index (χ1n) is 10.6. The number of aromatic nitrogens is 1. The molecule has 0 amide bonds. The van der Waals surface area contributed by atoms with E-state index in [1.807, 2.05) is 36.4 Å². The van der Waals surface area contributed by atoms with E-state index < -0.39 is 12.0 Å². The van der Waals surface area contributed by atoms with E-state index in [4.69, 9.17) is 32.4 Å². The predicted octanol–water partition coefficient (Wildman–Crippen LogP) is 4.98. The van der Waals surface area contributed by atoms with Crippen molar-refractivity contribution in [3.8, 4) is 11.3 Å². The molecule has 6 nitrogen and oxygen atoms in total. The minimum absolute atomic E-state index is 0.282. The van der Waals surface area contributed by atoms with Gasteiger partial charge in [0.05, 0.1) is 39.0 Å². The van der Waals surface area contributed by atoms with Crippen LogP contribution in [0.3, 0.4) is 0 Å². The molecule has 0 bridgehead atoms. The first-order valence-corrected chi connectivity index (χ1v) is 12.2.